The quantitative estimate of drug-likeness (QED) is 0.742. The minimum atomic E-state index is -0.422. The summed E-state index contributed by atoms with van der Waals surface area (Å²) in [6.07, 6.45) is 3.43. The Bertz CT molecular complexity index is 731. The molecule has 0 saturated heterocycles. The van der Waals surface area contributed by atoms with Crippen LogP contribution in [0.3, 0.4) is 0 Å². The molecule has 1 aromatic heterocycles. The second kappa shape index (κ2) is 9.07. The predicted molar refractivity (Wildman–Crippen MR) is 101 cm³/mol. The molecule has 26 heavy (non-hydrogen) atoms. The summed E-state index contributed by atoms with van der Waals surface area (Å²) >= 11 is 0. The van der Waals surface area contributed by atoms with Crippen LogP contribution in [-0.4, -0.2) is 47.5 Å². The Morgan fingerprint density at radius 1 is 1.12 bits per heavy atom. The maximum Gasteiger partial charge on any atom is 0.255 e. The summed E-state index contributed by atoms with van der Waals surface area (Å²) in [5, 5.41) is 6.18. The molecular weight excluding hydrogens is 330 g/mol. The molecule has 1 heterocycles. The van der Waals surface area contributed by atoms with Crippen LogP contribution in [0.25, 0.3) is 0 Å². The van der Waals surface area contributed by atoms with Crippen molar-refractivity contribution in [3.63, 3.8) is 0 Å². The first-order valence-electron chi connectivity index (χ1n) is 8.47. The number of carbonyl (C=O) groups is 2. The minimum Gasteiger partial charge on any atom is -0.324 e. The van der Waals surface area contributed by atoms with E-state index in [0.717, 1.165) is 5.56 Å². The number of nitrogens with zero attached hydrogens (tertiary/aromatic N) is 3. The first-order chi connectivity index (χ1) is 12.4. The number of hydrazine groups is 1. The second-order valence-electron chi connectivity index (χ2n) is 6.08. The fourth-order valence-electron chi connectivity index (χ4n) is 2.61. The Morgan fingerprint density at radius 2 is 1.73 bits per heavy atom. The van der Waals surface area contributed by atoms with Crippen LogP contribution in [-0.2, 0) is 4.79 Å². The predicted octanol–water partition coefficient (Wildman–Crippen LogP) is 2.05. The zero-order chi connectivity index (χ0) is 19.1. The molecule has 0 aliphatic rings. The lowest BCUT2D eigenvalue weighted by Crippen LogP contribution is -2.42. The minimum absolute atomic E-state index is 0.0375. The van der Waals surface area contributed by atoms with Gasteiger partial charge in [-0.2, -0.15) is 0 Å². The van der Waals surface area contributed by atoms with Gasteiger partial charge in [0.05, 0.1) is 0 Å². The third-order valence-electron chi connectivity index (χ3n) is 4.00. The average molecular weight is 355 g/mol. The maximum atomic E-state index is 12.3. The zero-order valence-electron chi connectivity index (χ0n) is 15.3. The monoisotopic (exact) mass is 355 g/mol. The Labute approximate surface area is 153 Å². The molecule has 0 bridgehead atoms. The van der Waals surface area contributed by atoms with E-state index >= 15 is 0 Å². The molecule has 7 heteroatoms. The van der Waals surface area contributed by atoms with Crippen LogP contribution in [0.15, 0.2) is 48.8 Å². The van der Waals surface area contributed by atoms with Gasteiger partial charge in [0, 0.05) is 56.7 Å². The SMILES string of the molecule is CCN(C(=O)CC(N)c1ccc(C(=O)Nc2ccncc2)cc1)N(C)C. The first kappa shape index (κ1) is 19.6. The Morgan fingerprint density at radius 3 is 2.27 bits per heavy atom. The number of hydrogen-bond donors (Lipinski definition) is 2. The summed E-state index contributed by atoms with van der Waals surface area (Å²) in [6.45, 7) is 2.51. The van der Waals surface area contributed by atoms with Gasteiger partial charge in [0.1, 0.15) is 0 Å². The van der Waals surface area contributed by atoms with E-state index in [4.69, 9.17) is 5.73 Å². The molecule has 0 saturated carbocycles. The Kier molecular flexibility index (Phi) is 6.82. The number of rotatable bonds is 7. The van der Waals surface area contributed by atoms with Gasteiger partial charge in [-0.25, -0.2) is 5.01 Å². The lowest BCUT2D eigenvalue weighted by molar-refractivity contribution is -0.144. The summed E-state index contributed by atoms with van der Waals surface area (Å²) in [5.74, 6) is -0.248. The third-order valence-corrected chi connectivity index (χ3v) is 4.00. The smallest absolute Gasteiger partial charge is 0.255 e. The van der Waals surface area contributed by atoms with Crippen molar-refractivity contribution in [2.24, 2.45) is 5.73 Å². The average Bonchev–Trinajstić information content (AvgIpc) is 2.62. The van der Waals surface area contributed by atoms with E-state index in [9.17, 15) is 9.59 Å². The molecule has 7 nitrogen and oxygen atoms in total. The molecule has 0 fully saturated rings. The largest absolute Gasteiger partial charge is 0.324 e. The van der Waals surface area contributed by atoms with Crippen LogP contribution >= 0.6 is 0 Å². The van der Waals surface area contributed by atoms with Gasteiger partial charge in [-0.15, -0.1) is 0 Å². The lowest BCUT2D eigenvalue weighted by Gasteiger charge is -2.28. The highest BCUT2D eigenvalue weighted by atomic mass is 16.2. The van der Waals surface area contributed by atoms with Gasteiger partial charge < -0.3 is 11.1 Å². The van der Waals surface area contributed by atoms with E-state index in [1.165, 1.54) is 0 Å². The Hall–Kier alpha value is -2.77. The van der Waals surface area contributed by atoms with Crippen molar-refractivity contribution < 1.29 is 9.59 Å². The number of nitrogens with two attached hydrogens (primary N) is 1. The number of nitrogens with one attached hydrogen (secondary N) is 1. The summed E-state index contributed by atoms with van der Waals surface area (Å²) < 4.78 is 0. The molecule has 3 N–H and O–H groups in total. The normalized spacial score (nSPS) is 11.9. The van der Waals surface area contributed by atoms with Gasteiger partial charge in [0.2, 0.25) is 5.91 Å². The van der Waals surface area contributed by atoms with Crippen molar-refractivity contribution in [3.05, 3.63) is 59.9 Å². The second-order valence-corrected chi connectivity index (χ2v) is 6.08. The number of hydrogen-bond acceptors (Lipinski definition) is 5. The highest BCUT2D eigenvalue weighted by Crippen LogP contribution is 2.17. The topological polar surface area (TPSA) is 91.6 Å². The summed E-state index contributed by atoms with van der Waals surface area (Å²) in [5.41, 5.74) is 8.18. The molecule has 2 aromatic rings. The number of aromatic nitrogens is 1. The van der Waals surface area contributed by atoms with Crippen LogP contribution in [0.5, 0.6) is 0 Å². The van der Waals surface area contributed by atoms with Crippen LogP contribution in [0.4, 0.5) is 5.69 Å². The molecule has 1 atom stereocenters. The van der Waals surface area contributed by atoms with Crippen molar-refractivity contribution in [1.82, 2.24) is 15.0 Å². The van der Waals surface area contributed by atoms with Crippen molar-refractivity contribution in [2.75, 3.05) is 26.0 Å². The van der Waals surface area contributed by atoms with E-state index in [0.29, 0.717) is 17.8 Å². The molecule has 0 aliphatic heterocycles. The van der Waals surface area contributed by atoms with Gasteiger partial charge in [-0.05, 0) is 36.8 Å². The highest BCUT2D eigenvalue weighted by Gasteiger charge is 2.18. The van der Waals surface area contributed by atoms with Gasteiger partial charge in [0.25, 0.3) is 5.91 Å². The molecule has 138 valence electrons. The number of amides is 2. The molecule has 2 amide bonds. The summed E-state index contributed by atoms with van der Waals surface area (Å²) in [6, 6.07) is 10.0. The molecule has 2 rings (SSSR count). The van der Waals surface area contributed by atoms with E-state index in [2.05, 4.69) is 10.3 Å². The van der Waals surface area contributed by atoms with Gasteiger partial charge in [-0.1, -0.05) is 12.1 Å². The summed E-state index contributed by atoms with van der Waals surface area (Å²) in [7, 11) is 3.65. The first-order valence-corrected chi connectivity index (χ1v) is 8.47. The zero-order valence-corrected chi connectivity index (χ0v) is 15.3. The van der Waals surface area contributed by atoms with Crippen molar-refractivity contribution >= 4 is 17.5 Å². The van der Waals surface area contributed by atoms with Crippen LogP contribution in [0.1, 0.15) is 35.3 Å². The number of benzene rings is 1. The van der Waals surface area contributed by atoms with E-state index in [1.807, 2.05) is 21.0 Å². The van der Waals surface area contributed by atoms with Crippen molar-refractivity contribution in [1.29, 1.82) is 0 Å². The van der Waals surface area contributed by atoms with Crippen molar-refractivity contribution in [2.45, 2.75) is 19.4 Å². The third kappa shape index (κ3) is 5.11. The fraction of sp³-hybridized carbons (Fsp3) is 0.316. The molecule has 0 aliphatic carbocycles. The van der Waals surface area contributed by atoms with Crippen molar-refractivity contribution in [3.8, 4) is 0 Å². The van der Waals surface area contributed by atoms with Crippen LogP contribution < -0.4 is 11.1 Å². The fourth-order valence-corrected chi connectivity index (χ4v) is 2.61. The van der Waals surface area contributed by atoms with E-state index in [1.54, 1.807) is 58.8 Å². The highest BCUT2D eigenvalue weighted by molar-refractivity contribution is 6.04. The molecule has 0 radical (unpaired) electrons. The standard InChI is InChI=1S/C19H25N5O2/c1-4-24(23(2)3)18(25)13-17(20)14-5-7-15(8-6-14)19(26)22-16-9-11-21-12-10-16/h5-12,17H,4,13,20H2,1-3H3,(H,21,22,26). The van der Waals surface area contributed by atoms with E-state index in [-0.39, 0.29) is 18.2 Å². The van der Waals surface area contributed by atoms with Crippen LogP contribution in [0, 0.1) is 0 Å². The molecular formula is C19H25N5O2. The molecule has 1 aromatic carbocycles. The Balaban J connectivity index is 1.99. The molecule has 1 unspecified atom stereocenters. The summed E-state index contributed by atoms with van der Waals surface area (Å²) in [4.78, 5) is 28.5. The van der Waals surface area contributed by atoms with Gasteiger partial charge in [-0.3, -0.25) is 19.6 Å². The van der Waals surface area contributed by atoms with E-state index < -0.39 is 6.04 Å². The maximum absolute atomic E-state index is 12.3. The van der Waals surface area contributed by atoms with Gasteiger partial charge >= 0.3 is 0 Å². The number of pyridine rings is 1. The van der Waals surface area contributed by atoms with Gasteiger partial charge in [0.15, 0.2) is 0 Å². The number of anilines is 1. The number of carbonyl (C=O) groups excluding carboxylic acids is 2. The lowest BCUT2D eigenvalue weighted by atomic mass is 10.0. The van der Waals surface area contributed by atoms with Crippen LogP contribution in [0.2, 0.25) is 0 Å². The molecule has 0 spiro atoms.